The molecule has 0 aliphatic rings. The summed E-state index contributed by atoms with van der Waals surface area (Å²) in [6, 6.07) is 7.54. The highest BCUT2D eigenvalue weighted by atomic mass is 32.1. The normalized spacial score (nSPS) is 11.9. The second-order valence-corrected chi connectivity index (χ2v) is 10.5. The summed E-state index contributed by atoms with van der Waals surface area (Å²) in [5.41, 5.74) is 2.21. The first-order chi connectivity index (χ1) is 17.0. The summed E-state index contributed by atoms with van der Waals surface area (Å²) >= 11 is 1.48. The van der Waals surface area contributed by atoms with Crippen molar-refractivity contribution in [3.63, 3.8) is 0 Å². The van der Waals surface area contributed by atoms with E-state index in [1.54, 1.807) is 0 Å². The lowest BCUT2D eigenvalue weighted by molar-refractivity contribution is -0.129. The molecule has 2 N–H and O–H groups in total. The Hall–Kier alpha value is -2.28. The van der Waals surface area contributed by atoms with Gasteiger partial charge in [-0.3, -0.25) is 9.59 Å². The number of nitrogens with one attached hydrogen (secondary N) is 2. The minimum Gasteiger partial charge on any atom is -0.354 e. The molecule has 0 aliphatic heterocycles. The van der Waals surface area contributed by atoms with E-state index in [1.165, 1.54) is 55.4 Å². The highest BCUT2D eigenvalue weighted by molar-refractivity contribution is 7.14. The van der Waals surface area contributed by atoms with Crippen LogP contribution < -0.4 is 10.6 Å². The molecular weight excluding hydrogens is 456 g/mol. The number of aryl methyl sites for hydroxylation is 1. The van der Waals surface area contributed by atoms with Crippen molar-refractivity contribution in [2.24, 2.45) is 0 Å². The number of aromatic nitrogens is 2. The average molecular weight is 501 g/mol. The molecule has 2 rings (SSSR count). The second-order valence-electron chi connectivity index (χ2n) is 9.41. The van der Waals surface area contributed by atoms with E-state index < -0.39 is 6.04 Å². The summed E-state index contributed by atoms with van der Waals surface area (Å²) in [4.78, 5) is 25.6. The van der Waals surface area contributed by atoms with Gasteiger partial charge in [0.25, 0.3) is 0 Å². The summed E-state index contributed by atoms with van der Waals surface area (Å²) in [5.74, 6) is -0.200. The Labute approximate surface area is 215 Å². The molecule has 0 aliphatic carbocycles. The van der Waals surface area contributed by atoms with E-state index in [1.807, 2.05) is 12.1 Å². The number of carbonyl (C=O) groups excluding carboxylic acids is 2. The molecule has 7 heteroatoms. The standard InChI is InChI=1S/C28H44N4O2S/c1-4-6-8-10-11-12-13-15-25(33)30-24(27(34)29-20-14-9-7-5-2)21-26-31-32-28(35-26)23-18-16-22(3)17-19-23/h16-19,24H,4-15,20-21H2,1-3H3,(H,29,34)(H,30,33)/t24-/m0/s1. The molecule has 2 amide bonds. The average Bonchev–Trinajstić information content (AvgIpc) is 3.32. The van der Waals surface area contributed by atoms with Crippen molar-refractivity contribution in [2.45, 2.75) is 110 Å². The predicted molar refractivity (Wildman–Crippen MR) is 145 cm³/mol. The predicted octanol–water partition coefficient (Wildman–Crippen LogP) is 6.38. The number of nitrogens with zero attached hydrogens (tertiary/aromatic N) is 2. The molecule has 0 bridgehead atoms. The largest absolute Gasteiger partial charge is 0.354 e. The molecule has 1 heterocycles. The number of amides is 2. The molecule has 0 spiro atoms. The van der Waals surface area contributed by atoms with Crippen molar-refractivity contribution in [2.75, 3.05) is 6.54 Å². The van der Waals surface area contributed by atoms with Gasteiger partial charge in [0.05, 0.1) is 0 Å². The van der Waals surface area contributed by atoms with Crippen LogP contribution in [0.25, 0.3) is 10.6 Å². The van der Waals surface area contributed by atoms with Crippen molar-refractivity contribution in [3.8, 4) is 10.6 Å². The number of hydrogen-bond acceptors (Lipinski definition) is 5. The first-order valence-electron chi connectivity index (χ1n) is 13.5. The van der Waals surface area contributed by atoms with Gasteiger partial charge in [-0.1, -0.05) is 113 Å². The van der Waals surface area contributed by atoms with Crippen LogP contribution in [0.1, 0.15) is 101 Å². The lowest BCUT2D eigenvalue weighted by Crippen LogP contribution is -2.48. The molecule has 0 saturated carbocycles. The Morgan fingerprint density at radius 1 is 0.857 bits per heavy atom. The van der Waals surface area contributed by atoms with Gasteiger partial charge in [-0.15, -0.1) is 10.2 Å². The van der Waals surface area contributed by atoms with E-state index >= 15 is 0 Å². The molecule has 35 heavy (non-hydrogen) atoms. The molecule has 1 aromatic heterocycles. The SMILES string of the molecule is CCCCCCCCCC(=O)N[C@@H](Cc1nnc(-c2ccc(C)cc2)s1)C(=O)NCCCCCC. The van der Waals surface area contributed by atoms with Gasteiger partial charge in [0.1, 0.15) is 16.1 Å². The van der Waals surface area contributed by atoms with Crippen molar-refractivity contribution >= 4 is 23.2 Å². The zero-order valence-corrected chi connectivity index (χ0v) is 22.7. The maximum Gasteiger partial charge on any atom is 0.243 e. The van der Waals surface area contributed by atoms with Gasteiger partial charge in [-0.2, -0.15) is 0 Å². The first kappa shape index (κ1) is 29.0. The van der Waals surface area contributed by atoms with E-state index in [0.29, 0.717) is 19.4 Å². The summed E-state index contributed by atoms with van der Waals surface area (Å²) in [5, 5.41) is 16.2. The third-order valence-corrected chi connectivity index (χ3v) is 7.13. The third-order valence-electron chi connectivity index (χ3n) is 6.13. The smallest absolute Gasteiger partial charge is 0.243 e. The van der Waals surface area contributed by atoms with Gasteiger partial charge in [-0.05, 0) is 19.8 Å². The van der Waals surface area contributed by atoms with E-state index in [-0.39, 0.29) is 11.8 Å². The number of rotatable bonds is 18. The Balaban J connectivity index is 1.91. The van der Waals surface area contributed by atoms with E-state index in [4.69, 9.17) is 0 Å². The summed E-state index contributed by atoms with van der Waals surface area (Å²) in [6.45, 7) is 7.07. The molecule has 0 fully saturated rings. The van der Waals surface area contributed by atoms with Gasteiger partial charge < -0.3 is 10.6 Å². The quantitative estimate of drug-likeness (QED) is 0.233. The van der Waals surface area contributed by atoms with Crippen molar-refractivity contribution in [3.05, 3.63) is 34.8 Å². The minimum absolute atomic E-state index is 0.0621. The summed E-state index contributed by atoms with van der Waals surface area (Å²) in [6.07, 6.45) is 13.3. The number of carbonyl (C=O) groups is 2. The van der Waals surface area contributed by atoms with E-state index in [2.05, 4.69) is 53.7 Å². The van der Waals surface area contributed by atoms with Crippen molar-refractivity contribution in [1.29, 1.82) is 0 Å². The Kier molecular flexibility index (Phi) is 14.2. The van der Waals surface area contributed by atoms with Crippen LogP contribution in [0, 0.1) is 6.92 Å². The molecular formula is C28H44N4O2S. The monoisotopic (exact) mass is 500 g/mol. The topological polar surface area (TPSA) is 84.0 Å². The Morgan fingerprint density at radius 3 is 2.17 bits per heavy atom. The zero-order chi connectivity index (χ0) is 25.3. The lowest BCUT2D eigenvalue weighted by Gasteiger charge is -2.17. The van der Waals surface area contributed by atoms with Gasteiger partial charge >= 0.3 is 0 Å². The molecule has 6 nitrogen and oxygen atoms in total. The number of benzene rings is 1. The van der Waals surface area contributed by atoms with Crippen LogP contribution in [0.2, 0.25) is 0 Å². The van der Waals surface area contributed by atoms with Gasteiger partial charge in [0.2, 0.25) is 11.8 Å². The lowest BCUT2D eigenvalue weighted by atomic mass is 10.1. The second kappa shape index (κ2) is 17.2. The van der Waals surface area contributed by atoms with Crippen LogP contribution in [0.4, 0.5) is 0 Å². The van der Waals surface area contributed by atoms with Crippen LogP contribution in [-0.2, 0) is 16.0 Å². The molecule has 0 radical (unpaired) electrons. The first-order valence-corrected chi connectivity index (χ1v) is 14.3. The van der Waals surface area contributed by atoms with Gasteiger partial charge in [0.15, 0.2) is 0 Å². The fraction of sp³-hybridized carbons (Fsp3) is 0.643. The summed E-state index contributed by atoms with van der Waals surface area (Å²) < 4.78 is 0. The highest BCUT2D eigenvalue weighted by Gasteiger charge is 2.23. The maximum atomic E-state index is 12.9. The molecule has 1 atom stereocenters. The van der Waals surface area contributed by atoms with E-state index in [9.17, 15) is 9.59 Å². The Morgan fingerprint density at radius 2 is 1.49 bits per heavy atom. The van der Waals surface area contributed by atoms with Crippen molar-refractivity contribution < 1.29 is 9.59 Å². The van der Waals surface area contributed by atoms with Crippen molar-refractivity contribution in [1.82, 2.24) is 20.8 Å². The van der Waals surface area contributed by atoms with Crippen LogP contribution in [-0.4, -0.2) is 34.6 Å². The van der Waals surface area contributed by atoms with Crippen LogP contribution in [0.5, 0.6) is 0 Å². The third kappa shape index (κ3) is 11.8. The highest BCUT2D eigenvalue weighted by Crippen LogP contribution is 2.24. The Bertz CT molecular complexity index is 866. The molecule has 194 valence electrons. The number of hydrogen-bond donors (Lipinski definition) is 2. The molecule has 0 unspecified atom stereocenters. The molecule has 0 saturated heterocycles. The zero-order valence-electron chi connectivity index (χ0n) is 21.9. The maximum absolute atomic E-state index is 12.9. The van der Waals surface area contributed by atoms with Crippen LogP contribution in [0.15, 0.2) is 24.3 Å². The number of unbranched alkanes of at least 4 members (excludes halogenated alkanes) is 9. The molecule has 1 aromatic carbocycles. The fourth-order valence-electron chi connectivity index (χ4n) is 3.93. The van der Waals surface area contributed by atoms with Crippen LogP contribution >= 0.6 is 11.3 Å². The minimum atomic E-state index is -0.628. The van der Waals surface area contributed by atoms with E-state index in [0.717, 1.165) is 47.7 Å². The summed E-state index contributed by atoms with van der Waals surface area (Å²) in [7, 11) is 0. The van der Waals surface area contributed by atoms with Gasteiger partial charge in [-0.25, -0.2) is 0 Å². The fourth-order valence-corrected chi connectivity index (χ4v) is 4.82. The van der Waals surface area contributed by atoms with Crippen LogP contribution in [0.3, 0.4) is 0 Å². The molecule has 2 aromatic rings. The van der Waals surface area contributed by atoms with Gasteiger partial charge in [0, 0.05) is 24.9 Å².